The Labute approximate surface area is 310 Å². The van der Waals surface area contributed by atoms with Crippen LogP contribution in [0.4, 0.5) is 0 Å². The molecule has 3 heteroatoms. The van der Waals surface area contributed by atoms with Gasteiger partial charge >= 0.3 is 0 Å². The minimum atomic E-state index is -0.112. The van der Waals surface area contributed by atoms with Crippen LogP contribution >= 0.6 is 0 Å². The maximum absolute atomic E-state index is 9.47. The fourth-order valence-electron chi connectivity index (χ4n) is 7.69. The number of fused-ring (bicyclic) bond motifs is 3. The van der Waals surface area contributed by atoms with E-state index in [9.17, 15) is 5.26 Å². The van der Waals surface area contributed by atoms with Crippen molar-refractivity contribution >= 4 is 0 Å². The monoisotopic (exact) mass is 677 g/mol. The molecule has 8 aromatic rings. The third-order valence-electron chi connectivity index (χ3n) is 10.6. The van der Waals surface area contributed by atoms with E-state index in [-0.39, 0.29) is 5.41 Å². The Morgan fingerprint density at radius 2 is 0.868 bits per heavy atom. The number of hydrogen-bond acceptors (Lipinski definition) is 3. The van der Waals surface area contributed by atoms with Gasteiger partial charge in [0.25, 0.3) is 0 Å². The molecule has 1 aliphatic rings. The van der Waals surface area contributed by atoms with Crippen LogP contribution < -0.4 is 0 Å². The molecule has 0 saturated heterocycles. The van der Waals surface area contributed by atoms with Gasteiger partial charge < -0.3 is 0 Å². The molecule has 0 atom stereocenters. The van der Waals surface area contributed by atoms with Gasteiger partial charge in [0.1, 0.15) is 0 Å². The average molecular weight is 678 g/mol. The number of rotatable bonds is 6. The second kappa shape index (κ2) is 13.0. The minimum absolute atomic E-state index is 0.112. The Morgan fingerprint density at radius 3 is 1.47 bits per heavy atom. The summed E-state index contributed by atoms with van der Waals surface area (Å²) in [6.07, 6.45) is 0. The molecule has 0 saturated carbocycles. The Hall–Kier alpha value is -6.89. The summed E-state index contributed by atoms with van der Waals surface area (Å²) in [5, 5.41) is 9.47. The predicted molar refractivity (Wildman–Crippen MR) is 217 cm³/mol. The van der Waals surface area contributed by atoms with Crippen molar-refractivity contribution in [1.29, 1.82) is 5.26 Å². The zero-order valence-corrected chi connectivity index (χ0v) is 29.6. The van der Waals surface area contributed by atoms with E-state index in [4.69, 9.17) is 9.97 Å². The number of aromatic nitrogens is 2. The summed E-state index contributed by atoms with van der Waals surface area (Å²) >= 11 is 0. The van der Waals surface area contributed by atoms with Crippen LogP contribution in [0.2, 0.25) is 0 Å². The number of benzene rings is 7. The van der Waals surface area contributed by atoms with Gasteiger partial charge in [0.05, 0.1) is 23.0 Å². The zero-order chi connectivity index (χ0) is 35.9. The molecule has 0 fully saturated rings. The van der Waals surface area contributed by atoms with E-state index < -0.39 is 0 Å². The molecule has 7 aromatic carbocycles. The lowest BCUT2D eigenvalue weighted by atomic mass is 9.80. The fourth-order valence-corrected chi connectivity index (χ4v) is 7.69. The molecule has 1 heterocycles. The quantitative estimate of drug-likeness (QED) is 0.176. The van der Waals surface area contributed by atoms with Gasteiger partial charge in [-0.2, -0.15) is 5.26 Å². The summed E-state index contributed by atoms with van der Waals surface area (Å²) in [7, 11) is 0. The van der Waals surface area contributed by atoms with Gasteiger partial charge in [-0.1, -0.05) is 159 Å². The van der Waals surface area contributed by atoms with Gasteiger partial charge in [-0.15, -0.1) is 0 Å². The van der Waals surface area contributed by atoms with E-state index in [2.05, 4.69) is 147 Å². The van der Waals surface area contributed by atoms with Gasteiger partial charge in [-0.3, -0.25) is 0 Å². The lowest BCUT2D eigenvalue weighted by Gasteiger charge is -2.23. The highest BCUT2D eigenvalue weighted by atomic mass is 14.9. The molecular formula is C50H35N3. The molecule has 0 bridgehead atoms. The van der Waals surface area contributed by atoms with E-state index in [0.29, 0.717) is 11.4 Å². The van der Waals surface area contributed by atoms with E-state index in [0.717, 1.165) is 55.9 Å². The van der Waals surface area contributed by atoms with E-state index in [1.54, 1.807) is 0 Å². The molecule has 0 unspecified atom stereocenters. The molecule has 3 nitrogen and oxygen atoms in total. The lowest BCUT2D eigenvalue weighted by Crippen LogP contribution is -2.15. The molecule has 1 aromatic heterocycles. The number of nitriles is 1. The first-order valence-electron chi connectivity index (χ1n) is 18.0. The minimum Gasteiger partial charge on any atom is -0.228 e. The normalized spacial score (nSPS) is 12.5. The predicted octanol–water partition coefficient (Wildman–Crippen LogP) is 12.7. The van der Waals surface area contributed by atoms with Crippen LogP contribution in [0, 0.1) is 11.3 Å². The van der Waals surface area contributed by atoms with Crippen molar-refractivity contribution in [2.24, 2.45) is 0 Å². The van der Waals surface area contributed by atoms with Crippen molar-refractivity contribution in [3.05, 3.63) is 193 Å². The van der Waals surface area contributed by atoms with Crippen LogP contribution in [0.5, 0.6) is 0 Å². The van der Waals surface area contributed by atoms with Crippen LogP contribution in [-0.2, 0) is 5.41 Å². The molecule has 0 aliphatic heterocycles. The topological polar surface area (TPSA) is 49.6 Å². The molecule has 0 radical (unpaired) electrons. The van der Waals surface area contributed by atoms with Crippen LogP contribution in [-0.4, -0.2) is 9.97 Å². The van der Waals surface area contributed by atoms with E-state index >= 15 is 0 Å². The zero-order valence-electron chi connectivity index (χ0n) is 29.6. The molecule has 1 aliphatic carbocycles. The molecule has 0 spiro atoms. The first-order chi connectivity index (χ1) is 26.0. The third-order valence-corrected chi connectivity index (χ3v) is 10.6. The molecule has 0 N–H and O–H groups in total. The van der Waals surface area contributed by atoms with Crippen LogP contribution in [0.15, 0.2) is 176 Å². The summed E-state index contributed by atoms with van der Waals surface area (Å²) in [5.74, 6) is 0.709. The van der Waals surface area contributed by atoms with Crippen molar-refractivity contribution in [3.8, 4) is 84.5 Å². The Bertz CT molecular complexity index is 2590. The van der Waals surface area contributed by atoms with Gasteiger partial charge in [0.2, 0.25) is 0 Å². The summed E-state index contributed by atoms with van der Waals surface area (Å²) in [6.45, 7) is 4.64. The van der Waals surface area contributed by atoms with Crippen molar-refractivity contribution in [2.75, 3.05) is 0 Å². The first kappa shape index (κ1) is 32.0. The summed E-state index contributed by atoms with van der Waals surface area (Å²) in [6, 6.07) is 63.8. The molecule has 250 valence electrons. The summed E-state index contributed by atoms with van der Waals surface area (Å²) in [5.41, 5.74) is 17.6. The third kappa shape index (κ3) is 5.81. The van der Waals surface area contributed by atoms with Crippen molar-refractivity contribution in [3.63, 3.8) is 0 Å². The molecular weight excluding hydrogens is 643 g/mol. The SMILES string of the molecule is CC1(C)c2ccccc2-c2cc(-c3ccc(C#N)cc3)c(-c3ccc(-c4ccc(-c5cc(-c6ccccc6)nc(-c6ccccc6)n5)cc4)cc3)cc21. The first-order valence-corrected chi connectivity index (χ1v) is 18.0. The van der Waals surface area contributed by atoms with Crippen molar-refractivity contribution in [1.82, 2.24) is 9.97 Å². The van der Waals surface area contributed by atoms with Crippen LogP contribution in [0.1, 0.15) is 30.5 Å². The van der Waals surface area contributed by atoms with Crippen molar-refractivity contribution in [2.45, 2.75) is 19.3 Å². The Balaban J connectivity index is 1.08. The standard InChI is InChI=1S/C50H35N3/c1-50(2)45-16-10-9-15-41(45)44-29-42(36-19-17-33(32-51)18-20-36)43(30-46(44)50)37-25-21-34(22-26-37)35-23-27-39(28-24-35)48-31-47(38-11-5-3-6-12-38)52-49(53-48)40-13-7-4-8-14-40/h3-31H,1-2H3. The molecule has 9 rings (SSSR count). The average Bonchev–Trinajstić information content (AvgIpc) is 3.46. The fraction of sp³-hybridized carbons (Fsp3) is 0.0600. The largest absolute Gasteiger partial charge is 0.228 e. The van der Waals surface area contributed by atoms with Crippen molar-refractivity contribution < 1.29 is 0 Å². The second-order valence-corrected chi connectivity index (χ2v) is 14.2. The highest BCUT2D eigenvalue weighted by Crippen LogP contribution is 2.51. The maximum Gasteiger partial charge on any atom is 0.160 e. The molecule has 53 heavy (non-hydrogen) atoms. The second-order valence-electron chi connectivity index (χ2n) is 14.2. The van der Waals surface area contributed by atoms with E-state index in [1.807, 2.05) is 48.5 Å². The summed E-state index contributed by atoms with van der Waals surface area (Å²) < 4.78 is 0. The highest BCUT2D eigenvalue weighted by molar-refractivity contribution is 5.93. The summed E-state index contributed by atoms with van der Waals surface area (Å²) in [4.78, 5) is 9.96. The Kier molecular flexibility index (Phi) is 7.87. The van der Waals surface area contributed by atoms with Crippen LogP contribution in [0.3, 0.4) is 0 Å². The maximum atomic E-state index is 9.47. The Morgan fingerprint density at radius 1 is 0.396 bits per heavy atom. The van der Waals surface area contributed by atoms with Crippen LogP contribution in [0.25, 0.3) is 78.4 Å². The molecule has 0 amide bonds. The van der Waals surface area contributed by atoms with Gasteiger partial charge in [-0.05, 0) is 86.0 Å². The van der Waals surface area contributed by atoms with Gasteiger partial charge in [0.15, 0.2) is 5.82 Å². The van der Waals surface area contributed by atoms with E-state index in [1.165, 1.54) is 27.8 Å². The number of hydrogen-bond donors (Lipinski definition) is 0. The highest BCUT2D eigenvalue weighted by Gasteiger charge is 2.36. The smallest absolute Gasteiger partial charge is 0.160 e. The number of nitrogens with zero attached hydrogens (tertiary/aromatic N) is 3. The van der Waals surface area contributed by atoms with Gasteiger partial charge in [-0.25, -0.2) is 9.97 Å². The van der Waals surface area contributed by atoms with Gasteiger partial charge in [0, 0.05) is 22.1 Å². The lowest BCUT2D eigenvalue weighted by molar-refractivity contribution is 0.660.